The summed E-state index contributed by atoms with van der Waals surface area (Å²) in [5.41, 5.74) is 0. The summed E-state index contributed by atoms with van der Waals surface area (Å²) >= 11 is 0. The Balaban J connectivity index is 3.51. The zero-order valence-corrected chi connectivity index (χ0v) is 38.9. The molecule has 1 N–H and O–H groups in total. The van der Waals surface area contributed by atoms with E-state index < -0.39 is 6.10 Å². The highest BCUT2D eigenvalue weighted by atomic mass is 16.6. The summed E-state index contributed by atoms with van der Waals surface area (Å²) in [5.74, 6) is -0.613. The highest BCUT2D eigenvalue weighted by Crippen LogP contribution is 2.15. The van der Waals surface area contributed by atoms with Gasteiger partial charge < -0.3 is 14.6 Å². The third-order valence-corrected chi connectivity index (χ3v) is 10.4. The van der Waals surface area contributed by atoms with Gasteiger partial charge in [-0.2, -0.15) is 0 Å². The summed E-state index contributed by atoms with van der Waals surface area (Å²) in [6.07, 6.45) is 70.7. The molecular weight excluding hydrogens is 741 g/mol. The van der Waals surface area contributed by atoms with Crippen molar-refractivity contribution < 1.29 is 24.2 Å². The molecule has 0 aromatic heterocycles. The smallest absolute Gasteiger partial charge is 0.306 e. The van der Waals surface area contributed by atoms with Crippen LogP contribution >= 0.6 is 0 Å². The zero-order chi connectivity index (χ0) is 43.5. The number of unbranched alkanes of at least 4 members (excludes halogenated alkanes) is 20. The van der Waals surface area contributed by atoms with Gasteiger partial charge in [-0.1, -0.05) is 214 Å². The molecule has 60 heavy (non-hydrogen) atoms. The number of rotatable bonds is 44. The lowest BCUT2D eigenvalue weighted by molar-refractivity contribution is -0.161. The molecular formula is C55H92O5. The van der Waals surface area contributed by atoms with Crippen LogP contribution in [0.5, 0.6) is 0 Å². The fraction of sp³-hybridized carbons (Fsp3) is 0.673. The molecule has 0 aliphatic heterocycles. The number of aliphatic hydroxyl groups is 1. The van der Waals surface area contributed by atoms with Crippen molar-refractivity contribution in [2.45, 2.75) is 225 Å². The average Bonchev–Trinajstić information content (AvgIpc) is 3.25. The Morgan fingerprint density at radius 1 is 0.383 bits per heavy atom. The summed E-state index contributed by atoms with van der Waals surface area (Å²) in [7, 11) is 0. The van der Waals surface area contributed by atoms with Crippen LogP contribution < -0.4 is 0 Å². The van der Waals surface area contributed by atoms with Crippen LogP contribution in [0.3, 0.4) is 0 Å². The molecule has 0 saturated heterocycles. The standard InChI is InChI=1S/C55H92O5/c1-3-5-7-9-11-13-15-17-19-20-21-22-23-24-25-26-27-28-29-30-31-32-33-34-36-38-40-42-44-46-48-50-55(58)60-53(51-56)52-59-54(57)49-47-45-43-41-39-37-35-18-16-14-12-10-8-6-4-2/h5-8,11-14,17-19,21-22,24-25,35,53,56H,3-4,9-10,15-16,20,23,26-34,36-52H2,1-2H3/b7-5-,8-6-,13-11-,14-12-,19-17-,22-21-,25-24-,35-18-. The Morgan fingerprint density at radius 3 is 1.00 bits per heavy atom. The van der Waals surface area contributed by atoms with Gasteiger partial charge in [0.15, 0.2) is 6.10 Å². The molecule has 1 atom stereocenters. The van der Waals surface area contributed by atoms with Crippen molar-refractivity contribution >= 4 is 11.9 Å². The van der Waals surface area contributed by atoms with E-state index in [0.29, 0.717) is 12.8 Å². The number of hydrogen-bond donors (Lipinski definition) is 1. The number of allylic oxidation sites excluding steroid dienone is 16. The van der Waals surface area contributed by atoms with Crippen molar-refractivity contribution in [3.63, 3.8) is 0 Å². The fourth-order valence-corrected chi connectivity index (χ4v) is 6.71. The molecule has 0 aromatic carbocycles. The first-order chi connectivity index (χ1) is 29.6. The molecule has 0 aromatic rings. The van der Waals surface area contributed by atoms with Crippen molar-refractivity contribution in [2.24, 2.45) is 0 Å². The lowest BCUT2D eigenvalue weighted by Gasteiger charge is -2.15. The van der Waals surface area contributed by atoms with Gasteiger partial charge in [0.1, 0.15) is 6.61 Å². The van der Waals surface area contributed by atoms with Crippen molar-refractivity contribution in [2.75, 3.05) is 13.2 Å². The van der Waals surface area contributed by atoms with E-state index in [1.54, 1.807) is 0 Å². The lowest BCUT2D eigenvalue weighted by atomic mass is 10.0. The molecule has 0 spiro atoms. The number of aliphatic hydroxyl groups excluding tert-OH is 1. The number of hydrogen-bond acceptors (Lipinski definition) is 5. The largest absolute Gasteiger partial charge is 0.462 e. The van der Waals surface area contributed by atoms with Gasteiger partial charge in [0.25, 0.3) is 0 Å². The molecule has 0 heterocycles. The van der Waals surface area contributed by atoms with Crippen molar-refractivity contribution in [3.8, 4) is 0 Å². The quantitative estimate of drug-likeness (QED) is 0.0376. The SMILES string of the molecule is CC/C=C\C/C=C\C/C=C\C/C=C\C/C=C\CCCCCCCCCCCCCCCCCC(=O)OC(CO)COC(=O)CCCCCCC/C=C\C/C=C\C/C=C\CC. The average molecular weight is 833 g/mol. The number of carbonyl (C=O) groups excluding carboxylic acids is 2. The van der Waals surface area contributed by atoms with Crippen LogP contribution in [0.2, 0.25) is 0 Å². The Morgan fingerprint density at radius 2 is 0.667 bits per heavy atom. The van der Waals surface area contributed by atoms with Crippen LogP contribution in [0, 0.1) is 0 Å². The van der Waals surface area contributed by atoms with Gasteiger partial charge in [-0.15, -0.1) is 0 Å². The van der Waals surface area contributed by atoms with E-state index in [1.807, 2.05) is 0 Å². The molecule has 0 rings (SSSR count). The van der Waals surface area contributed by atoms with E-state index in [1.165, 1.54) is 89.9 Å². The maximum Gasteiger partial charge on any atom is 0.306 e. The Kier molecular flexibility index (Phi) is 47.5. The van der Waals surface area contributed by atoms with Gasteiger partial charge in [-0.3, -0.25) is 9.59 Å². The predicted molar refractivity (Wildman–Crippen MR) is 260 cm³/mol. The summed E-state index contributed by atoms with van der Waals surface area (Å²) < 4.78 is 10.6. The second kappa shape index (κ2) is 50.2. The highest BCUT2D eigenvalue weighted by molar-refractivity contribution is 5.70. The van der Waals surface area contributed by atoms with Crippen LogP contribution in [0.4, 0.5) is 0 Å². The molecule has 0 amide bonds. The maximum absolute atomic E-state index is 12.3. The summed E-state index contributed by atoms with van der Waals surface area (Å²) in [6, 6.07) is 0. The first-order valence-corrected chi connectivity index (χ1v) is 24.8. The summed E-state index contributed by atoms with van der Waals surface area (Å²) in [4.78, 5) is 24.4. The topological polar surface area (TPSA) is 72.8 Å². The second-order valence-corrected chi connectivity index (χ2v) is 16.1. The Hall–Kier alpha value is -3.18. The zero-order valence-electron chi connectivity index (χ0n) is 38.9. The molecule has 0 bridgehead atoms. The van der Waals surface area contributed by atoms with Crippen LogP contribution in [0.15, 0.2) is 97.2 Å². The number of esters is 2. The van der Waals surface area contributed by atoms with Gasteiger partial charge in [0, 0.05) is 12.8 Å². The first kappa shape index (κ1) is 56.8. The number of carbonyl (C=O) groups is 2. The van der Waals surface area contributed by atoms with Crippen LogP contribution in [0.25, 0.3) is 0 Å². The maximum atomic E-state index is 12.3. The fourth-order valence-electron chi connectivity index (χ4n) is 6.71. The van der Waals surface area contributed by atoms with E-state index in [0.717, 1.165) is 103 Å². The van der Waals surface area contributed by atoms with E-state index in [-0.39, 0.29) is 25.2 Å². The van der Waals surface area contributed by atoms with E-state index in [9.17, 15) is 14.7 Å². The van der Waals surface area contributed by atoms with Crippen LogP contribution in [0.1, 0.15) is 219 Å². The molecule has 5 heteroatoms. The molecule has 0 saturated carbocycles. The molecule has 0 radical (unpaired) electrons. The number of ether oxygens (including phenoxy) is 2. The minimum absolute atomic E-state index is 0.0784. The van der Waals surface area contributed by atoms with Gasteiger partial charge in [-0.25, -0.2) is 0 Å². The van der Waals surface area contributed by atoms with Gasteiger partial charge >= 0.3 is 11.9 Å². The second-order valence-electron chi connectivity index (χ2n) is 16.1. The third-order valence-electron chi connectivity index (χ3n) is 10.4. The molecule has 342 valence electrons. The van der Waals surface area contributed by atoms with Gasteiger partial charge in [0.2, 0.25) is 0 Å². The Labute approximate surface area is 370 Å². The van der Waals surface area contributed by atoms with E-state index in [4.69, 9.17) is 9.47 Å². The molecule has 0 aliphatic rings. The minimum atomic E-state index is -0.784. The van der Waals surface area contributed by atoms with E-state index >= 15 is 0 Å². The molecule has 0 fully saturated rings. The third kappa shape index (κ3) is 47.5. The minimum Gasteiger partial charge on any atom is -0.462 e. The van der Waals surface area contributed by atoms with Crippen LogP contribution in [-0.4, -0.2) is 36.4 Å². The van der Waals surface area contributed by atoms with Gasteiger partial charge in [-0.05, 0) is 89.9 Å². The van der Waals surface area contributed by atoms with Crippen LogP contribution in [-0.2, 0) is 19.1 Å². The van der Waals surface area contributed by atoms with Crippen molar-refractivity contribution in [3.05, 3.63) is 97.2 Å². The summed E-state index contributed by atoms with van der Waals surface area (Å²) in [6.45, 7) is 3.90. The lowest BCUT2D eigenvalue weighted by Crippen LogP contribution is -2.28. The molecule has 5 nitrogen and oxygen atoms in total. The first-order valence-electron chi connectivity index (χ1n) is 24.8. The highest BCUT2D eigenvalue weighted by Gasteiger charge is 2.16. The molecule has 1 unspecified atom stereocenters. The van der Waals surface area contributed by atoms with Crippen molar-refractivity contribution in [1.82, 2.24) is 0 Å². The normalized spacial score (nSPS) is 13.1. The van der Waals surface area contributed by atoms with E-state index in [2.05, 4.69) is 111 Å². The molecule has 0 aliphatic carbocycles. The van der Waals surface area contributed by atoms with Gasteiger partial charge in [0.05, 0.1) is 6.61 Å². The monoisotopic (exact) mass is 833 g/mol. The van der Waals surface area contributed by atoms with Crippen molar-refractivity contribution in [1.29, 1.82) is 0 Å². The predicted octanol–water partition coefficient (Wildman–Crippen LogP) is 16.4. The Bertz CT molecular complexity index is 1170. The summed E-state index contributed by atoms with van der Waals surface area (Å²) in [5, 5.41) is 9.61.